The minimum Gasteiger partial charge on any atom is -0.356 e. The Kier molecular flexibility index (Phi) is 5.99. The predicted molar refractivity (Wildman–Crippen MR) is 125 cm³/mol. The van der Waals surface area contributed by atoms with Crippen molar-refractivity contribution in [3.63, 3.8) is 0 Å². The van der Waals surface area contributed by atoms with Gasteiger partial charge in [0.05, 0.1) is 36.2 Å². The molecule has 174 valence electrons. The summed E-state index contributed by atoms with van der Waals surface area (Å²) in [5, 5.41) is 17.9. The Bertz CT molecular complexity index is 1240. The van der Waals surface area contributed by atoms with E-state index in [1.807, 2.05) is 38.1 Å². The van der Waals surface area contributed by atoms with Crippen LogP contribution in [0, 0.1) is 31.1 Å². The van der Waals surface area contributed by atoms with Gasteiger partial charge in [0.2, 0.25) is 5.91 Å². The summed E-state index contributed by atoms with van der Waals surface area (Å²) in [4.78, 5) is 30.2. The minimum absolute atomic E-state index is 0.0274. The first-order chi connectivity index (χ1) is 16.5. The molecule has 3 aromatic rings. The number of aromatic amines is 1. The number of hydrogen-bond donors (Lipinski definition) is 1. The number of carbonyl (C=O) groups is 1. The summed E-state index contributed by atoms with van der Waals surface area (Å²) in [7, 11) is 0. The van der Waals surface area contributed by atoms with Crippen LogP contribution in [-0.4, -0.2) is 50.8 Å². The molecule has 5 rings (SSSR count). The van der Waals surface area contributed by atoms with Crippen LogP contribution in [0.5, 0.6) is 0 Å². The van der Waals surface area contributed by atoms with Crippen molar-refractivity contribution >= 4 is 11.7 Å². The number of hydroxylamine groups is 2. The molecule has 0 radical (unpaired) electrons. The van der Waals surface area contributed by atoms with Gasteiger partial charge in [0.15, 0.2) is 0 Å². The molecule has 34 heavy (non-hydrogen) atoms. The van der Waals surface area contributed by atoms with E-state index in [1.54, 1.807) is 17.6 Å². The van der Waals surface area contributed by atoms with Gasteiger partial charge in [-0.2, -0.15) is 10.4 Å². The summed E-state index contributed by atoms with van der Waals surface area (Å²) in [5.41, 5.74) is 5.33. The molecule has 9 heteroatoms. The van der Waals surface area contributed by atoms with Crippen molar-refractivity contribution in [1.82, 2.24) is 25.2 Å². The quantitative estimate of drug-likeness (QED) is 0.638. The molecule has 2 aliphatic rings. The maximum atomic E-state index is 13.4. The number of H-pyrrole nitrogens is 1. The third-order valence-corrected chi connectivity index (χ3v) is 6.66. The third kappa shape index (κ3) is 4.24. The number of hydrogen-bond acceptors (Lipinski definition) is 7. The predicted octanol–water partition coefficient (Wildman–Crippen LogP) is 3.48. The molecule has 1 N–H and O–H groups in total. The van der Waals surface area contributed by atoms with Crippen molar-refractivity contribution in [1.29, 1.82) is 5.26 Å². The van der Waals surface area contributed by atoms with Crippen LogP contribution in [0.25, 0.3) is 11.3 Å². The minimum atomic E-state index is -0.153. The number of benzene rings is 1. The van der Waals surface area contributed by atoms with Gasteiger partial charge >= 0.3 is 0 Å². The lowest BCUT2D eigenvalue weighted by molar-refractivity contribution is -0.182. The molecule has 1 amide bonds. The Morgan fingerprint density at radius 2 is 1.97 bits per heavy atom. The molecule has 2 saturated heterocycles. The largest absolute Gasteiger partial charge is 0.356 e. The lowest BCUT2D eigenvalue weighted by Crippen LogP contribution is -2.42. The number of nitrogens with zero attached hydrogens (tertiary/aromatic N) is 6. The molecule has 2 aliphatic heterocycles. The second-order valence-corrected chi connectivity index (χ2v) is 8.98. The highest BCUT2D eigenvalue weighted by Gasteiger charge is 2.37. The first-order valence-electron chi connectivity index (χ1n) is 11.6. The number of aryl methyl sites for hydroxylation is 2. The normalized spacial score (nSPS) is 18.8. The van der Waals surface area contributed by atoms with Gasteiger partial charge in [0.1, 0.15) is 12.1 Å². The molecule has 2 fully saturated rings. The number of rotatable bonds is 4. The first-order valence-corrected chi connectivity index (χ1v) is 11.6. The molecule has 4 heterocycles. The van der Waals surface area contributed by atoms with E-state index in [-0.39, 0.29) is 17.9 Å². The molecule has 1 atom stereocenters. The Hall–Kier alpha value is -3.77. The number of nitriles is 1. The van der Waals surface area contributed by atoms with Gasteiger partial charge in [-0.15, -0.1) is 0 Å². The molecule has 1 aromatic carbocycles. The van der Waals surface area contributed by atoms with Crippen molar-refractivity contribution in [2.24, 2.45) is 5.92 Å². The second-order valence-electron chi connectivity index (χ2n) is 8.98. The van der Waals surface area contributed by atoms with Gasteiger partial charge in [-0.1, -0.05) is 6.07 Å². The van der Waals surface area contributed by atoms with Crippen LogP contribution in [0.3, 0.4) is 0 Å². The summed E-state index contributed by atoms with van der Waals surface area (Å²) in [6.07, 6.45) is 5.54. The molecule has 9 nitrogen and oxygen atoms in total. The van der Waals surface area contributed by atoms with Crippen LogP contribution in [0.2, 0.25) is 0 Å². The maximum Gasteiger partial charge on any atom is 0.249 e. The number of carbonyl (C=O) groups excluding carboxylic acids is 1. The van der Waals surface area contributed by atoms with Crippen LogP contribution < -0.4 is 4.90 Å². The highest BCUT2D eigenvalue weighted by atomic mass is 16.7. The average molecular weight is 458 g/mol. The zero-order valence-electron chi connectivity index (χ0n) is 19.4. The Morgan fingerprint density at radius 1 is 1.15 bits per heavy atom. The number of aromatic nitrogens is 4. The fourth-order valence-corrected chi connectivity index (χ4v) is 4.87. The summed E-state index contributed by atoms with van der Waals surface area (Å²) in [5.74, 6) is 0.782. The van der Waals surface area contributed by atoms with Crippen molar-refractivity contribution in [2.75, 3.05) is 24.6 Å². The van der Waals surface area contributed by atoms with Crippen LogP contribution >= 0.6 is 0 Å². The standard InChI is InChI=1S/C25H27N7O2/c1-16-9-18(13-26)11-20(10-16)23-5-8-34-32(23)25(33)19-3-6-31(7-4-19)24-12-22(27-15-28-24)21-14-29-30-17(21)2/h9-12,14-15,19,23H,3-8H2,1-2H3,(H,29,30)/t23-/m0/s1. The summed E-state index contributed by atoms with van der Waals surface area (Å²) in [6, 6.07) is 9.79. The average Bonchev–Trinajstić information content (AvgIpc) is 3.52. The molecule has 0 bridgehead atoms. The Balaban J connectivity index is 1.26. The van der Waals surface area contributed by atoms with Gasteiger partial charge in [0, 0.05) is 42.8 Å². The second kappa shape index (κ2) is 9.23. The highest BCUT2D eigenvalue weighted by molar-refractivity contribution is 5.79. The van der Waals surface area contributed by atoms with Gasteiger partial charge in [-0.3, -0.25) is 14.7 Å². The van der Waals surface area contributed by atoms with Crippen molar-refractivity contribution < 1.29 is 9.63 Å². The van der Waals surface area contributed by atoms with Gasteiger partial charge in [-0.25, -0.2) is 15.0 Å². The number of nitrogens with one attached hydrogen (secondary N) is 1. The molecule has 0 spiro atoms. The summed E-state index contributed by atoms with van der Waals surface area (Å²) >= 11 is 0. The first kappa shape index (κ1) is 22.0. The number of anilines is 1. The van der Waals surface area contributed by atoms with Crippen LogP contribution in [-0.2, 0) is 9.63 Å². The molecule has 0 unspecified atom stereocenters. The zero-order chi connectivity index (χ0) is 23.7. The smallest absolute Gasteiger partial charge is 0.249 e. The van der Waals surface area contributed by atoms with Crippen LogP contribution in [0.15, 0.2) is 36.8 Å². The molecule has 2 aromatic heterocycles. The molecular formula is C25H27N7O2. The molecular weight excluding hydrogens is 430 g/mol. The van der Waals surface area contributed by atoms with Crippen molar-refractivity contribution in [3.8, 4) is 17.3 Å². The van der Waals surface area contributed by atoms with Gasteiger partial charge in [0.25, 0.3) is 0 Å². The Labute approximate surface area is 198 Å². The van der Waals surface area contributed by atoms with Gasteiger partial charge in [-0.05, 0) is 49.9 Å². The van der Waals surface area contributed by atoms with E-state index in [0.717, 1.165) is 66.2 Å². The van der Waals surface area contributed by atoms with E-state index < -0.39 is 0 Å². The summed E-state index contributed by atoms with van der Waals surface area (Å²) < 4.78 is 0. The summed E-state index contributed by atoms with van der Waals surface area (Å²) in [6.45, 7) is 5.90. The number of piperidine rings is 1. The lowest BCUT2D eigenvalue weighted by atomic mass is 9.94. The molecule has 0 aliphatic carbocycles. The lowest BCUT2D eigenvalue weighted by Gasteiger charge is -2.34. The fraction of sp³-hybridized carbons (Fsp3) is 0.400. The SMILES string of the molecule is Cc1cc(C#N)cc([C@@H]2CCON2C(=O)C2CCN(c3cc(-c4cn[nH]c4C)ncn3)CC2)c1. The van der Waals surface area contributed by atoms with Gasteiger partial charge < -0.3 is 4.90 Å². The van der Waals surface area contributed by atoms with E-state index in [1.165, 1.54) is 0 Å². The third-order valence-electron chi connectivity index (χ3n) is 6.66. The monoisotopic (exact) mass is 457 g/mol. The van der Waals surface area contributed by atoms with Crippen LogP contribution in [0.4, 0.5) is 5.82 Å². The number of amides is 1. The van der Waals surface area contributed by atoms with Crippen molar-refractivity contribution in [2.45, 2.75) is 39.2 Å². The van der Waals surface area contributed by atoms with Crippen LogP contribution in [0.1, 0.15) is 47.7 Å². The van der Waals surface area contributed by atoms with E-state index >= 15 is 0 Å². The van der Waals surface area contributed by atoms with E-state index in [0.29, 0.717) is 12.2 Å². The maximum absolute atomic E-state index is 13.4. The van der Waals surface area contributed by atoms with E-state index in [4.69, 9.17) is 4.84 Å². The Morgan fingerprint density at radius 3 is 2.71 bits per heavy atom. The highest BCUT2D eigenvalue weighted by Crippen LogP contribution is 2.35. The topological polar surface area (TPSA) is 111 Å². The zero-order valence-corrected chi connectivity index (χ0v) is 19.4. The fourth-order valence-electron chi connectivity index (χ4n) is 4.87. The van der Waals surface area contributed by atoms with E-state index in [9.17, 15) is 10.1 Å². The van der Waals surface area contributed by atoms with Crippen molar-refractivity contribution in [3.05, 3.63) is 59.2 Å². The van der Waals surface area contributed by atoms with E-state index in [2.05, 4.69) is 31.1 Å². The molecule has 0 saturated carbocycles.